The number of hydrogen-bond acceptors (Lipinski definition) is 5. The maximum atomic E-state index is 10.8. The molecule has 108 valence electrons. The second-order valence-corrected chi connectivity index (χ2v) is 4.24. The Labute approximate surface area is 124 Å². The van der Waals surface area contributed by atoms with Crippen LogP contribution >= 0.6 is 24.8 Å². The molecule has 1 fully saturated rings. The van der Waals surface area contributed by atoms with E-state index in [1.807, 2.05) is 0 Å². The maximum absolute atomic E-state index is 10.8. The molecule has 0 aliphatic carbocycles. The highest BCUT2D eigenvalue weighted by Crippen LogP contribution is 2.33. The first kappa shape index (κ1) is 18.3. The summed E-state index contributed by atoms with van der Waals surface area (Å²) in [6.07, 6.45) is 4.47. The van der Waals surface area contributed by atoms with Crippen molar-refractivity contribution >= 4 is 31.1 Å². The van der Waals surface area contributed by atoms with Crippen molar-refractivity contribution in [3.63, 3.8) is 0 Å². The highest BCUT2D eigenvalue weighted by atomic mass is 35.5. The number of aldehydes is 1. The summed E-state index contributed by atoms with van der Waals surface area (Å²) in [4.78, 5) is 16.2. The van der Waals surface area contributed by atoms with Gasteiger partial charge in [-0.05, 0) is 25.0 Å². The molecule has 2 atom stereocenters. The number of halogens is 2. The molecule has 1 unspecified atom stereocenters. The standard InChI is InChI=1S/C12H16N2O3.2ClH/c15-9-5-12(17,10-3-6-13-7-4-10)14-8-1-2-11(14)16;;/h3-4,6-7,9,11,16-17H,1-2,5,8H2;2*1H/t11?,12-;;/m1../s1. The summed E-state index contributed by atoms with van der Waals surface area (Å²) in [5.74, 6) is 0. The van der Waals surface area contributed by atoms with E-state index in [9.17, 15) is 15.0 Å². The van der Waals surface area contributed by atoms with Crippen molar-refractivity contribution < 1.29 is 15.0 Å². The van der Waals surface area contributed by atoms with Gasteiger partial charge in [0.05, 0.1) is 6.42 Å². The SMILES string of the molecule is Cl.Cl.O=CC[C@@](O)(c1ccncc1)N1CCCC1O. The molecule has 1 aliphatic heterocycles. The van der Waals surface area contributed by atoms with E-state index in [4.69, 9.17) is 0 Å². The van der Waals surface area contributed by atoms with Crippen LogP contribution in [0, 0.1) is 0 Å². The van der Waals surface area contributed by atoms with Gasteiger partial charge in [-0.2, -0.15) is 0 Å². The van der Waals surface area contributed by atoms with Gasteiger partial charge in [0.2, 0.25) is 0 Å². The number of nitrogens with zero attached hydrogens (tertiary/aromatic N) is 2. The van der Waals surface area contributed by atoms with Crippen LogP contribution in [0.4, 0.5) is 0 Å². The van der Waals surface area contributed by atoms with Crippen molar-refractivity contribution in [1.29, 1.82) is 0 Å². The quantitative estimate of drug-likeness (QED) is 0.814. The van der Waals surface area contributed by atoms with Crippen LogP contribution in [-0.4, -0.2) is 39.2 Å². The zero-order valence-corrected chi connectivity index (χ0v) is 11.9. The number of pyridine rings is 1. The molecule has 2 heterocycles. The highest BCUT2D eigenvalue weighted by molar-refractivity contribution is 5.85. The van der Waals surface area contributed by atoms with Crippen LogP contribution in [0.2, 0.25) is 0 Å². The number of aliphatic hydroxyl groups excluding tert-OH is 1. The molecule has 0 radical (unpaired) electrons. The van der Waals surface area contributed by atoms with E-state index >= 15 is 0 Å². The van der Waals surface area contributed by atoms with Gasteiger partial charge < -0.3 is 15.0 Å². The van der Waals surface area contributed by atoms with Gasteiger partial charge in [-0.3, -0.25) is 4.98 Å². The van der Waals surface area contributed by atoms with Gasteiger partial charge in [0.25, 0.3) is 0 Å². The molecule has 0 saturated carbocycles. The smallest absolute Gasteiger partial charge is 0.153 e. The minimum absolute atomic E-state index is 0. The van der Waals surface area contributed by atoms with Crippen molar-refractivity contribution in [3.8, 4) is 0 Å². The molecule has 0 spiro atoms. The molecule has 5 nitrogen and oxygen atoms in total. The van der Waals surface area contributed by atoms with Gasteiger partial charge in [0.15, 0.2) is 5.72 Å². The molecule has 7 heteroatoms. The van der Waals surface area contributed by atoms with E-state index in [0.717, 1.165) is 6.42 Å². The lowest BCUT2D eigenvalue weighted by Gasteiger charge is -2.38. The third kappa shape index (κ3) is 3.64. The summed E-state index contributed by atoms with van der Waals surface area (Å²) in [6, 6.07) is 3.32. The van der Waals surface area contributed by atoms with Crippen LogP contribution in [0.25, 0.3) is 0 Å². The second kappa shape index (κ2) is 7.77. The first-order chi connectivity index (χ1) is 8.18. The van der Waals surface area contributed by atoms with E-state index in [2.05, 4.69) is 4.98 Å². The van der Waals surface area contributed by atoms with Gasteiger partial charge >= 0.3 is 0 Å². The number of rotatable bonds is 4. The molecule has 1 aliphatic rings. The summed E-state index contributed by atoms with van der Waals surface area (Å²) in [7, 11) is 0. The Morgan fingerprint density at radius 1 is 1.42 bits per heavy atom. The van der Waals surface area contributed by atoms with Crippen molar-refractivity contribution in [1.82, 2.24) is 9.88 Å². The lowest BCUT2D eigenvalue weighted by atomic mass is 9.99. The number of carbonyl (C=O) groups is 1. The summed E-state index contributed by atoms with van der Waals surface area (Å²) < 4.78 is 0. The van der Waals surface area contributed by atoms with Gasteiger partial charge in [-0.15, -0.1) is 24.8 Å². The van der Waals surface area contributed by atoms with Crippen molar-refractivity contribution in [2.45, 2.75) is 31.2 Å². The first-order valence-corrected chi connectivity index (χ1v) is 5.70. The normalized spacial score (nSPS) is 21.9. The summed E-state index contributed by atoms with van der Waals surface area (Å²) in [6.45, 7) is 0.577. The third-order valence-corrected chi connectivity index (χ3v) is 3.21. The van der Waals surface area contributed by atoms with E-state index in [0.29, 0.717) is 24.8 Å². The van der Waals surface area contributed by atoms with Crippen LogP contribution in [0.15, 0.2) is 24.5 Å². The van der Waals surface area contributed by atoms with Crippen LogP contribution in [-0.2, 0) is 10.5 Å². The molecule has 0 aromatic carbocycles. The van der Waals surface area contributed by atoms with Gasteiger partial charge in [0, 0.05) is 24.5 Å². The average molecular weight is 309 g/mol. The molecule has 1 aromatic rings. The Bertz CT molecular complexity index is 394. The second-order valence-electron chi connectivity index (χ2n) is 4.24. The molecule has 0 amide bonds. The fourth-order valence-corrected chi connectivity index (χ4v) is 2.32. The molecule has 2 rings (SSSR count). The van der Waals surface area contributed by atoms with E-state index < -0.39 is 12.0 Å². The zero-order valence-electron chi connectivity index (χ0n) is 10.3. The summed E-state index contributed by atoms with van der Waals surface area (Å²) in [5, 5.41) is 20.5. The van der Waals surface area contributed by atoms with E-state index in [-0.39, 0.29) is 31.2 Å². The van der Waals surface area contributed by atoms with Crippen LogP contribution < -0.4 is 0 Å². The minimum atomic E-state index is -1.43. The van der Waals surface area contributed by atoms with Crippen LogP contribution in [0.1, 0.15) is 24.8 Å². The summed E-state index contributed by atoms with van der Waals surface area (Å²) >= 11 is 0. The van der Waals surface area contributed by atoms with Crippen molar-refractivity contribution in [2.24, 2.45) is 0 Å². The van der Waals surface area contributed by atoms with Crippen molar-refractivity contribution in [3.05, 3.63) is 30.1 Å². The van der Waals surface area contributed by atoms with Gasteiger partial charge in [0.1, 0.15) is 12.5 Å². The largest absolute Gasteiger partial charge is 0.378 e. The Morgan fingerprint density at radius 2 is 2.05 bits per heavy atom. The number of carbonyl (C=O) groups excluding carboxylic acids is 1. The van der Waals surface area contributed by atoms with Gasteiger partial charge in [-0.25, -0.2) is 4.90 Å². The molecule has 1 saturated heterocycles. The fourth-order valence-electron chi connectivity index (χ4n) is 2.32. The molecular formula is C12H18Cl2N2O3. The fraction of sp³-hybridized carbons (Fsp3) is 0.500. The predicted octanol–water partition coefficient (Wildman–Crippen LogP) is 1.07. The predicted molar refractivity (Wildman–Crippen MR) is 75.3 cm³/mol. The zero-order chi connectivity index (χ0) is 12.3. The number of hydrogen-bond donors (Lipinski definition) is 2. The molecule has 2 N–H and O–H groups in total. The summed E-state index contributed by atoms with van der Waals surface area (Å²) in [5.41, 5.74) is -0.846. The Hall–Kier alpha value is -0.720. The lowest BCUT2D eigenvalue weighted by Crippen LogP contribution is -2.49. The number of aliphatic hydroxyl groups is 2. The monoisotopic (exact) mass is 308 g/mol. The first-order valence-electron chi connectivity index (χ1n) is 5.70. The number of aromatic nitrogens is 1. The van der Waals surface area contributed by atoms with E-state index in [1.165, 1.54) is 0 Å². The third-order valence-electron chi connectivity index (χ3n) is 3.21. The minimum Gasteiger partial charge on any atom is -0.378 e. The Morgan fingerprint density at radius 3 is 2.53 bits per heavy atom. The Balaban J connectivity index is 0.00000162. The Kier molecular flexibility index (Phi) is 7.47. The molecular weight excluding hydrogens is 291 g/mol. The molecule has 0 bridgehead atoms. The molecule has 1 aromatic heterocycles. The van der Waals surface area contributed by atoms with Crippen LogP contribution in [0.3, 0.4) is 0 Å². The van der Waals surface area contributed by atoms with Crippen molar-refractivity contribution in [2.75, 3.05) is 6.54 Å². The molecule has 19 heavy (non-hydrogen) atoms. The lowest BCUT2D eigenvalue weighted by molar-refractivity contribution is -0.170. The highest BCUT2D eigenvalue weighted by Gasteiger charge is 2.41. The number of likely N-dealkylation sites (tertiary alicyclic amines) is 1. The topological polar surface area (TPSA) is 73.7 Å². The average Bonchev–Trinajstić information content (AvgIpc) is 2.77. The van der Waals surface area contributed by atoms with Gasteiger partial charge in [-0.1, -0.05) is 0 Å². The van der Waals surface area contributed by atoms with E-state index in [1.54, 1.807) is 29.4 Å². The van der Waals surface area contributed by atoms with Crippen LogP contribution in [0.5, 0.6) is 0 Å². The maximum Gasteiger partial charge on any atom is 0.153 e.